The number of carbonyl (C=O) groups excluding carboxylic acids is 1. The Morgan fingerprint density at radius 3 is 2.38 bits per heavy atom. The SMILES string of the molecule is CCc1cccc(CC)c1NC(=O)Cn1cnc2c(cnn2-c2cccc(C(F)(F)F)c2)c1=O. The molecule has 176 valence electrons. The van der Waals surface area contributed by atoms with Crippen molar-refractivity contribution in [2.45, 2.75) is 39.4 Å². The number of carbonyl (C=O) groups is 1. The van der Waals surface area contributed by atoms with Crippen LogP contribution in [0.4, 0.5) is 18.9 Å². The predicted molar refractivity (Wildman–Crippen MR) is 122 cm³/mol. The van der Waals surface area contributed by atoms with Crippen molar-refractivity contribution in [3.05, 3.63) is 82.0 Å². The summed E-state index contributed by atoms with van der Waals surface area (Å²) in [6, 6.07) is 10.4. The lowest BCUT2D eigenvalue weighted by molar-refractivity contribution is -0.137. The van der Waals surface area contributed by atoms with Gasteiger partial charge in [0.15, 0.2) is 5.65 Å². The first-order valence-corrected chi connectivity index (χ1v) is 10.7. The fourth-order valence-corrected chi connectivity index (χ4v) is 3.80. The molecule has 4 aromatic rings. The third kappa shape index (κ3) is 4.43. The Balaban J connectivity index is 1.63. The molecule has 0 radical (unpaired) electrons. The van der Waals surface area contributed by atoms with Crippen LogP contribution in [-0.2, 0) is 30.4 Å². The molecule has 1 amide bonds. The maximum atomic E-state index is 13.1. The van der Waals surface area contributed by atoms with E-state index in [-0.39, 0.29) is 29.2 Å². The maximum Gasteiger partial charge on any atom is 0.416 e. The zero-order valence-electron chi connectivity index (χ0n) is 18.6. The number of hydrogen-bond donors (Lipinski definition) is 1. The van der Waals surface area contributed by atoms with Crippen molar-refractivity contribution in [3.63, 3.8) is 0 Å². The molecular weight excluding hydrogens is 447 g/mol. The van der Waals surface area contributed by atoms with Crippen molar-refractivity contribution in [1.82, 2.24) is 19.3 Å². The van der Waals surface area contributed by atoms with E-state index in [2.05, 4.69) is 15.4 Å². The van der Waals surface area contributed by atoms with E-state index in [9.17, 15) is 22.8 Å². The smallest absolute Gasteiger partial charge is 0.324 e. The molecule has 7 nitrogen and oxygen atoms in total. The first-order chi connectivity index (χ1) is 16.2. The quantitative estimate of drug-likeness (QED) is 0.455. The number of nitrogens with zero attached hydrogens (tertiary/aromatic N) is 4. The van der Waals surface area contributed by atoms with Crippen molar-refractivity contribution >= 4 is 22.6 Å². The first kappa shape index (κ1) is 23.2. The Morgan fingerprint density at radius 2 is 1.74 bits per heavy atom. The van der Waals surface area contributed by atoms with Crippen LogP contribution in [-0.4, -0.2) is 25.2 Å². The van der Waals surface area contributed by atoms with Crippen LogP contribution < -0.4 is 10.9 Å². The monoisotopic (exact) mass is 469 g/mol. The molecule has 0 fully saturated rings. The van der Waals surface area contributed by atoms with Crippen molar-refractivity contribution in [1.29, 1.82) is 0 Å². The second-order valence-electron chi connectivity index (χ2n) is 7.73. The Bertz CT molecular complexity index is 1400. The third-order valence-corrected chi connectivity index (χ3v) is 5.55. The second kappa shape index (κ2) is 9.12. The van der Waals surface area contributed by atoms with Gasteiger partial charge in [-0.05, 0) is 42.2 Å². The Labute approximate surface area is 192 Å². The fourth-order valence-electron chi connectivity index (χ4n) is 3.80. The number of anilines is 1. The summed E-state index contributed by atoms with van der Waals surface area (Å²) in [4.78, 5) is 29.9. The number of aryl methyl sites for hydroxylation is 2. The number of benzene rings is 2. The Hall–Kier alpha value is -3.95. The molecule has 0 spiro atoms. The standard InChI is InChI=1S/C24H22F3N5O2/c1-3-15-7-5-8-16(4-2)21(15)30-20(33)13-31-14-28-22-19(23(31)34)12-29-32(22)18-10-6-9-17(11-18)24(25,26)27/h5-12,14H,3-4,13H2,1-2H3,(H,30,33). The van der Waals surface area contributed by atoms with Gasteiger partial charge in [0.25, 0.3) is 5.56 Å². The highest BCUT2D eigenvalue weighted by Gasteiger charge is 2.30. The summed E-state index contributed by atoms with van der Waals surface area (Å²) in [5.41, 5.74) is 1.61. The number of alkyl halides is 3. The summed E-state index contributed by atoms with van der Waals surface area (Å²) in [7, 11) is 0. The molecule has 34 heavy (non-hydrogen) atoms. The van der Waals surface area contributed by atoms with Crippen LogP contribution in [0.25, 0.3) is 16.7 Å². The van der Waals surface area contributed by atoms with Crippen molar-refractivity contribution in [2.75, 3.05) is 5.32 Å². The maximum absolute atomic E-state index is 13.1. The molecule has 2 heterocycles. The molecule has 0 atom stereocenters. The molecule has 0 aliphatic rings. The summed E-state index contributed by atoms with van der Waals surface area (Å²) in [5.74, 6) is -0.385. The number of aromatic nitrogens is 4. The molecular formula is C24H22F3N5O2. The molecule has 0 unspecified atom stereocenters. The normalized spacial score (nSPS) is 11.7. The van der Waals surface area contributed by atoms with E-state index in [1.807, 2.05) is 32.0 Å². The van der Waals surface area contributed by atoms with E-state index in [0.29, 0.717) is 0 Å². The van der Waals surface area contributed by atoms with Crippen molar-refractivity contribution < 1.29 is 18.0 Å². The van der Waals surface area contributed by atoms with E-state index in [1.165, 1.54) is 29.3 Å². The number of nitrogens with one attached hydrogen (secondary N) is 1. The number of hydrogen-bond acceptors (Lipinski definition) is 4. The Morgan fingerprint density at radius 1 is 1.06 bits per heavy atom. The number of para-hydroxylation sites is 1. The van der Waals surface area contributed by atoms with Gasteiger partial charge in [-0.25, -0.2) is 9.67 Å². The lowest BCUT2D eigenvalue weighted by atomic mass is 10.0. The molecule has 0 saturated carbocycles. The minimum Gasteiger partial charge on any atom is -0.324 e. The van der Waals surface area contributed by atoms with Gasteiger partial charge in [0.2, 0.25) is 5.91 Å². The predicted octanol–water partition coefficient (Wildman–Crippen LogP) is 4.36. The van der Waals surface area contributed by atoms with Crippen LogP contribution in [0.3, 0.4) is 0 Å². The van der Waals surface area contributed by atoms with E-state index >= 15 is 0 Å². The molecule has 0 saturated heterocycles. The van der Waals surface area contributed by atoms with Gasteiger partial charge in [-0.1, -0.05) is 38.1 Å². The first-order valence-electron chi connectivity index (χ1n) is 10.7. The highest BCUT2D eigenvalue weighted by Crippen LogP contribution is 2.30. The minimum atomic E-state index is -4.51. The van der Waals surface area contributed by atoms with Gasteiger partial charge in [-0.3, -0.25) is 14.2 Å². The molecule has 10 heteroatoms. The average molecular weight is 469 g/mol. The van der Waals surface area contributed by atoms with Gasteiger partial charge >= 0.3 is 6.18 Å². The molecule has 0 bridgehead atoms. The zero-order valence-corrected chi connectivity index (χ0v) is 18.6. The molecule has 2 aromatic heterocycles. The summed E-state index contributed by atoms with van der Waals surface area (Å²) in [5, 5.41) is 7.05. The van der Waals surface area contributed by atoms with Gasteiger partial charge in [0.1, 0.15) is 18.3 Å². The number of halogens is 3. The van der Waals surface area contributed by atoms with Gasteiger partial charge in [0, 0.05) is 5.69 Å². The van der Waals surface area contributed by atoms with Crippen molar-refractivity contribution in [3.8, 4) is 5.69 Å². The average Bonchev–Trinajstić information content (AvgIpc) is 3.25. The molecule has 1 N–H and O–H groups in total. The summed E-state index contributed by atoms with van der Waals surface area (Å²) >= 11 is 0. The zero-order chi connectivity index (χ0) is 24.5. The molecule has 0 aliphatic carbocycles. The summed E-state index contributed by atoms with van der Waals surface area (Å²) in [6.45, 7) is 3.72. The number of amides is 1. The van der Waals surface area contributed by atoms with Crippen LogP contribution in [0.15, 0.2) is 59.8 Å². The summed E-state index contributed by atoms with van der Waals surface area (Å²) in [6.07, 6.45) is -0.596. The summed E-state index contributed by atoms with van der Waals surface area (Å²) < 4.78 is 41.5. The van der Waals surface area contributed by atoms with Crippen LogP contribution in [0.1, 0.15) is 30.5 Å². The highest BCUT2D eigenvalue weighted by molar-refractivity contribution is 5.92. The lowest BCUT2D eigenvalue weighted by Gasteiger charge is -2.15. The molecule has 2 aromatic carbocycles. The van der Waals surface area contributed by atoms with Crippen LogP contribution in [0.5, 0.6) is 0 Å². The van der Waals surface area contributed by atoms with Gasteiger partial charge in [0.05, 0.1) is 17.4 Å². The van der Waals surface area contributed by atoms with Crippen LogP contribution >= 0.6 is 0 Å². The van der Waals surface area contributed by atoms with Gasteiger partial charge in [-0.15, -0.1) is 0 Å². The number of rotatable bonds is 6. The van der Waals surface area contributed by atoms with Crippen LogP contribution in [0.2, 0.25) is 0 Å². The second-order valence-corrected chi connectivity index (χ2v) is 7.73. The van der Waals surface area contributed by atoms with E-state index in [4.69, 9.17) is 0 Å². The minimum absolute atomic E-state index is 0.0934. The largest absolute Gasteiger partial charge is 0.416 e. The molecule has 4 rings (SSSR count). The highest BCUT2D eigenvalue weighted by atomic mass is 19.4. The fraction of sp³-hybridized carbons (Fsp3) is 0.250. The number of fused-ring (bicyclic) bond motifs is 1. The van der Waals surface area contributed by atoms with E-state index in [0.717, 1.165) is 46.4 Å². The Kier molecular flexibility index (Phi) is 6.23. The topological polar surface area (TPSA) is 81.8 Å². The van der Waals surface area contributed by atoms with Crippen LogP contribution in [0, 0.1) is 0 Å². The lowest BCUT2D eigenvalue weighted by Crippen LogP contribution is -2.28. The van der Waals surface area contributed by atoms with Gasteiger partial charge < -0.3 is 5.32 Å². The van der Waals surface area contributed by atoms with Crippen molar-refractivity contribution in [2.24, 2.45) is 0 Å². The molecule has 0 aliphatic heterocycles. The van der Waals surface area contributed by atoms with E-state index < -0.39 is 17.3 Å². The van der Waals surface area contributed by atoms with E-state index in [1.54, 1.807) is 0 Å². The third-order valence-electron chi connectivity index (χ3n) is 5.55. The van der Waals surface area contributed by atoms with Gasteiger partial charge in [-0.2, -0.15) is 18.3 Å².